The molecule has 0 radical (unpaired) electrons. The zero-order valence-electron chi connectivity index (χ0n) is 13.4. The molecule has 22 heavy (non-hydrogen) atoms. The smallest absolute Gasteiger partial charge is 0.133 e. The van der Waals surface area contributed by atoms with Gasteiger partial charge in [-0.05, 0) is 38.5 Å². The van der Waals surface area contributed by atoms with E-state index < -0.39 is 0 Å². The van der Waals surface area contributed by atoms with Crippen LogP contribution in [0.5, 0.6) is 0 Å². The van der Waals surface area contributed by atoms with Crippen LogP contribution in [0.3, 0.4) is 0 Å². The summed E-state index contributed by atoms with van der Waals surface area (Å²) in [6, 6.07) is 2.03. The van der Waals surface area contributed by atoms with Crippen molar-refractivity contribution >= 4 is 0 Å². The lowest BCUT2D eigenvalue weighted by atomic mass is 9.88. The third-order valence-corrected chi connectivity index (χ3v) is 5.27. The lowest BCUT2D eigenvalue weighted by molar-refractivity contribution is -0.0469. The van der Waals surface area contributed by atoms with E-state index in [4.69, 9.17) is 14.0 Å². The SMILES string of the molecule is Cc1cc(CN2CCC3(CC2)C[C@@H](OCC2CC2)CO3)no1. The number of nitrogens with zero attached hydrogens (tertiary/aromatic N) is 2. The maximum atomic E-state index is 6.16. The quantitative estimate of drug-likeness (QED) is 0.836. The summed E-state index contributed by atoms with van der Waals surface area (Å²) in [7, 11) is 0. The molecule has 4 rings (SSSR count). The van der Waals surface area contributed by atoms with E-state index in [1.54, 1.807) is 0 Å². The Morgan fingerprint density at radius 1 is 1.36 bits per heavy atom. The average molecular weight is 306 g/mol. The summed E-state index contributed by atoms with van der Waals surface area (Å²) in [5, 5.41) is 4.09. The standard InChI is InChI=1S/C17H26N2O3/c1-13-8-15(18-22-13)10-19-6-4-17(5-7-19)9-16(12-21-17)20-11-14-2-3-14/h8,14,16H,2-7,9-12H2,1H3/t16-/m1/s1. The predicted molar refractivity (Wildman–Crippen MR) is 81.5 cm³/mol. The minimum Gasteiger partial charge on any atom is -0.375 e. The van der Waals surface area contributed by atoms with Gasteiger partial charge in [-0.25, -0.2) is 0 Å². The highest BCUT2D eigenvalue weighted by molar-refractivity contribution is 5.04. The van der Waals surface area contributed by atoms with Crippen LogP contribution in [-0.2, 0) is 16.0 Å². The number of piperidine rings is 1. The van der Waals surface area contributed by atoms with Crippen molar-refractivity contribution in [2.45, 2.75) is 57.3 Å². The lowest BCUT2D eigenvalue weighted by Gasteiger charge is -2.38. The summed E-state index contributed by atoms with van der Waals surface area (Å²) in [5.74, 6) is 1.72. The lowest BCUT2D eigenvalue weighted by Crippen LogP contribution is -2.44. The van der Waals surface area contributed by atoms with Gasteiger partial charge in [0.1, 0.15) is 5.76 Å². The Morgan fingerprint density at radius 2 is 2.18 bits per heavy atom. The number of aryl methyl sites for hydroxylation is 1. The molecule has 5 heteroatoms. The highest BCUT2D eigenvalue weighted by atomic mass is 16.6. The Balaban J connectivity index is 1.24. The van der Waals surface area contributed by atoms with E-state index >= 15 is 0 Å². The molecule has 1 saturated carbocycles. The van der Waals surface area contributed by atoms with Gasteiger partial charge < -0.3 is 14.0 Å². The first-order chi connectivity index (χ1) is 10.7. The van der Waals surface area contributed by atoms with E-state index in [9.17, 15) is 0 Å². The summed E-state index contributed by atoms with van der Waals surface area (Å²) < 4.78 is 17.3. The first kappa shape index (κ1) is 14.7. The minimum atomic E-state index is 0.0739. The number of likely N-dealkylation sites (tertiary alicyclic amines) is 1. The van der Waals surface area contributed by atoms with Crippen LogP contribution in [0.25, 0.3) is 0 Å². The van der Waals surface area contributed by atoms with E-state index in [0.717, 1.165) is 69.5 Å². The summed E-state index contributed by atoms with van der Waals surface area (Å²) >= 11 is 0. The van der Waals surface area contributed by atoms with Gasteiger partial charge in [-0.2, -0.15) is 0 Å². The van der Waals surface area contributed by atoms with Crippen LogP contribution in [0, 0.1) is 12.8 Å². The highest BCUT2D eigenvalue weighted by Gasteiger charge is 2.43. The van der Waals surface area contributed by atoms with Gasteiger partial charge in [0, 0.05) is 38.7 Å². The molecule has 3 fully saturated rings. The first-order valence-electron chi connectivity index (χ1n) is 8.61. The fourth-order valence-corrected chi connectivity index (χ4v) is 3.65. The second-order valence-electron chi connectivity index (χ2n) is 7.30. The molecule has 2 saturated heterocycles. The molecule has 1 aliphatic carbocycles. The summed E-state index contributed by atoms with van der Waals surface area (Å²) in [6.07, 6.45) is 6.33. The number of hydrogen-bond acceptors (Lipinski definition) is 5. The zero-order valence-corrected chi connectivity index (χ0v) is 13.4. The highest BCUT2D eigenvalue weighted by Crippen LogP contribution is 2.38. The normalized spacial score (nSPS) is 28.5. The maximum absolute atomic E-state index is 6.16. The number of rotatable bonds is 5. The fraction of sp³-hybridized carbons (Fsp3) is 0.824. The van der Waals surface area contributed by atoms with Crippen LogP contribution < -0.4 is 0 Å². The Bertz CT molecular complexity index is 504. The molecule has 5 nitrogen and oxygen atoms in total. The number of ether oxygens (including phenoxy) is 2. The Hall–Kier alpha value is -0.910. The predicted octanol–water partition coefficient (Wildman–Crippen LogP) is 2.53. The Morgan fingerprint density at radius 3 is 2.86 bits per heavy atom. The van der Waals surface area contributed by atoms with Crippen LogP contribution in [0.15, 0.2) is 10.6 Å². The number of aromatic nitrogens is 1. The maximum Gasteiger partial charge on any atom is 0.133 e. The van der Waals surface area contributed by atoms with Gasteiger partial charge in [-0.15, -0.1) is 0 Å². The summed E-state index contributed by atoms with van der Waals surface area (Å²) in [5.41, 5.74) is 1.11. The van der Waals surface area contributed by atoms with Crippen molar-refractivity contribution in [3.8, 4) is 0 Å². The molecule has 1 spiro atoms. The van der Waals surface area contributed by atoms with Crippen LogP contribution in [0.1, 0.15) is 43.6 Å². The van der Waals surface area contributed by atoms with Crippen molar-refractivity contribution in [2.75, 3.05) is 26.3 Å². The molecule has 0 amide bonds. The molecular formula is C17H26N2O3. The van der Waals surface area contributed by atoms with Crippen molar-refractivity contribution in [1.29, 1.82) is 0 Å². The Labute approximate surface area is 131 Å². The molecule has 122 valence electrons. The average Bonchev–Trinajstić information content (AvgIpc) is 3.14. The topological polar surface area (TPSA) is 47.7 Å². The van der Waals surface area contributed by atoms with Crippen molar-refractivity contribution in [2.24, 2.45) is 5.92 Å². The molecule has 2 aliphatic heterocycles. The van der Waals surface area contributed by atoms with Crippen molar-refractivity contribution in [1.82, 2.24) is 10.1 Å². The first-order valence-corrected chi connectivity index (χ1v) is 8.61. The fourth-order valence-electron chi connectivity index (χ4n) is 3.65. The van der Waals surface area contributed by atoms with E-state index in [1.807, 2.05) is 13.0 Å². The van der Waals surface area contributed by atoms with Gasteiger partial charge in [-0.1, -0.05) is 5.16 Å². The molecule has 0 N–H and O–H groups in total. The van der Waals surface area contributed by atoms with Gasteiger partial charge in [0.05, 0.1) is 24.0 Å². The molecule has 0 unspecified atom stereocenters. The monoisotopic (exact) mass is 306 g/mol. The largest absolute Gasteiger partial charge is 0.375 e. The third kappa shape index (κ3) is 3.36. The van der Waals surface area contributed by atoms with E-state index in [-0.39, 0.29) is 5.60 Å². The van der Waals surface area contributed by atoms with Gasteiger partial charge in [0.15, 0.2) is 0 Å². The van der Waals surface area contributed by atoms with E-state index in [1.165, 1.54) is 12.8 Å². The molecule has 0 aromatic carbocycles. The molecule has 1 atom stereocenters. The molecule has 0 bridgehead atoms. The van der Waals surface area contributed by atoms with Gasteiger partial charge in [0.25, 0.3) is 0 Å². The van der Waals surface area contributed by atoms with Gasteiger partial charge in [0.2, 0.25) is 0 Å². The molecular weight excluding hydrogens is 280 g/mol. The second kappa shape index (κ2) is 5.95. The summed E-state index contributed by atoms with van der Waals surface area (Å²) in [6.45, 7) is 6.70. The number of hydrogen-bond donors (Lipinski definition) is 0. The van der Waals surface area contributed by atoms with E-state index in [0.29, 0.717) is 6.10 Å². The van der Waals surface area contributed by atoms with Crippen LogP contribution in [0.4, 0.5) is 0 Å². The molecule has 1 aromatic rings. The van der Waals surface area contributed by atoms with Crippen molar-refractivity contribution in [3.05, 3.63) is 17.5 Å². The van der Waals surface area contributed by atoms with Crippen molar-refractivity contribution < 1.29 is 14.0 Å². The molecule has 3 aliphatic rings. The third-order valence-electron chi connectivity index (χ3n) is 5.27. The minimum absolute atomic E-state index is 0.0739. The van der Waals surface area contributed by atoms with Gasteiger partial charge >= 0.3 is 0 Å². The van der Waals surface area contributed by atoms with Crippen LogP contribution in [-0.4, -0.2) is 48.1 Å². The van der Waals surface area contributed by atoms with Crippen LogP contribution in [0.2, 0.25) is 0 Å². The zero-order chi connectivity index (χ0) is 15.0. The van der Waals surface area contributed by atoms with Gasteiger partial charge in [-0.3, -0.25) is 4.90 Å². The Kier molecular flexibility index (Phi) is 3.96. The van der Waals surface area contributed by atoms with Crippen LogP contribution >= 0.6 is 0 Å². The molecule has 3 heterocycles. The van der Waals surface area contributed by atoms with Crippen molar-refractivity contribution in [3.63, 3.8) is 0 Å². The summed E-state index contributed by atoms with van der Waals surface area (Å²) in [4.78, 5) is 2.45. The second-order valence-corrected chi connectivity index (χ2v) is 7.30. The van der Waals surface area contributed by atoms with E-state index in [2.05, 4.69) is 10.1 Å². The molecule has 1 aromatic heterocycles.